The van der Waals surface area contributed by atoms with E-state index >= 15 is 0 Å². The van der Waals surface area contributed by atoms with Gasteiger partial charge in [-0.1, -0.05) is 12.1 Å². The van der Waals surface area contributed by atoms with Crippen LogP contribution in [0.5, 0.6) is 0 Å². The van der Waals surface area contributed by atoms with Crippen LogP contribution in [-0.2, 0) is 16.0 Å². The van der Waals surface area contributed by atoms with E-state index in [1.807, 2.05) is 0 Å². The van der Waals surface area contributed by atoms with E-state index in [-0.39, 0.29) is 30.0 Å². The molecule has 1 aromatic heterocycles. The predicted octanol–water partition coefficient (Wildman–Crippen LogP) is 0.531. The third-order valence-electron chi connectivity index (χ3n) is 4.81. The first-order valence-electron chi connectivity index (χ1n) is 9.77. The Morgan fingerprint density at radius 1 is 1.16 bits per heavy atom. The number of benzene rings is 1. The number of nitrogens with zero attached hydrogens (tertiary/aromatic N) is 2. The van der Waals surface area contributed by atoms with E-state index in [9.17, 15) is 19.2 Å². The van der Waals surface area contributed by atoms with Gasteiger partial charge in [-0.25, -0.2) is 9.79 Å². The van der Waals surface area contributed by atoms with Crippen LogP contribution in [0, 0.1) is 0 Å². The summed E-state index contributed by atoms with van der Waals surface area (Å²) in [7, 11) is 0. The van der Waals surface area contributed by atoms with Gasteiger partial charge in [0.2, 0.25) is 5.95 Å². The van der Waals surface area contributed by atoms with Gasteiger partial charge in [0.05, 0.1) is 6.54 Å². The molecule has 2 aromatic rings. The van der Waals surface area contributed by atoms with Crippen molar-refractivity contribution in [3.63, 3.8) is 0 Å². The number of carboxylic acids is 2. The van der Waals surface area contributed by atoms with Crippen LogP contribution in [0.3, 0.4) is 0 Å². The summed E-state index contributed by atoms with van der Waals surface area (Å²) in [5.74, 6) is -2.68. The Hall–Kier alpha value is -4.22. The number of rotatable bonds is 9. The second-order valence-corrected chi connectivity index (χ2v) is 7.17. The van der Waals surface area contributed by atoms with E-state index in [0.717, 1.165) is 11.3 Å². The van der Waals surface area contributed by atoms with Crippen LogP contribution in [0.15, 0.2) is 34.1 Å². The van der Waals surface area contributed by atoms with Gasteiger partial charge >= 0.3 is 11.9 Å². The Labute approximate surface area is 181 Å². The van der Waals surface area contributed by atoms with Gasteiger partial charge in [0, 0.05) is 17.7 Å². The summed E-state index contributed by atoms with van der Waals surface area (Å²) in [6.07, 6.45) is 0.597. The van der Waals surface area contributed by atoms with Crippen molar-refractivity contribution in [2.24, 2.45) is 4.99 Å². The Morgan fingerprint density at radius 2 is 1.88 bits per heavy atom. The van der Waals surface area contributed by atoms with Crippen molar-refractivity contribution in [2.45, 2.75) is 31.7 Å². The largest absolute Gasteiger partial charge is 0.481 e. The molecular weight excluding hydrogens is 420 g/mol. The lowest BCUT2D eigenvalue weighted by Gasteiger charge is -2.16. The van der Waals surface area contributed by atoms with Crippen LogP contribution in [0.25, 0.3) is 0 Å². The van der Waals surface area contributed by atoms with Crippen molar-refractivity contribution in [2.75, 3.05) is 17.6 Å². The summed E-state index contributed by atoms with van der Waals surface area (Å²) in [4.78, 5) is 56.9. The summed E-state index contributed by atoms with van der Waals surface area (Å²) >= 11 is 0. The molecule has 2 heterocycles. The molecule has 12 nitrogen and oxygen atoms in total. The summed E-state index contributed by atoms with van der Waals surface area (Å²) in [5.41, 5.74) is 7.22. The van der Waals surface area contributed by atoms with Gasteiger partial charge in [0.25, 0.3) is 11.5 Å². The number of anilines is 2. The molecule has 1 aliphatic heterocycles. The minimum absolute atomic E-state index is 0.0144. The van der Waals surface area contributed by atoms with Crippen molar-refractivity contribution in [1.29, 1.82) is 0 Å². The molecular formula is C20H22N6O6. The summed E-state index contributed by atoms with van der Waals surface area (Å²) in [5, 5.41) is 23.2. The van der Waals surface area contributed by atoms with Crippen molar-refractivity contribution >= 4 is 41.0 Å². The van der Waals surface area contributed by atoms with Crippen molar-refractivity contribution in [3.8, 4) is 0 Å². The molecule has 0 radical (unpaired) electrons. The van der Waals surface area contributed by atoms with E-state index in [0.29, 0.717) is 25.2 Å². The van der Waals surface area contributed by atoms with E-state index in [4.69, 9.17) is 15.9 Å². The monoisotopic (exact) mass is 442 g/mol. The van der Waals surface area contributed by atoms with Crippen LogP contribution in [0.2, 0.25) is 0 Å². The zero-order valence-corrected chi connectivity index (χ0v) is 16.9. The highest BCUT2D eigenvalue weighted by Gasteiger charge is 2.21. The standard InChI is InChI=1S/C20H22N6O6/c21-20-25-16-15(18(30)26-20)23-12(9-22-16)6-3-10-1-4-11(5-2-10)17(29)24-13(19(31)32)7-8-14(27)28/h1-2,4-5,13H,3,6-9H2,(H,24,29)(H,27,28)(H,31,32)(H4,21,22,25,26,30)/t13-/m1/s1. The zero-order chi connectivity index (χ0) is 23.3. The van der Waals surface area contributed by atoms with Crippen molar-refractivity contribution in [1.82, 2.24) is 15.3 Å². The van der Waals surface area contributed by atoms with Crippen LogP contribution in [0.4, 0.5) is 17.5 Å². The Morgan fingerprint density at radius 3 is 2.53 bits per heavy atom. The minimum Gasteiger partial charge on any atom is -0.481 e. The molecule has 1 aromatic carbocycles. The number of aliphatic imine (C=N–C) groups is 1. The highest BCUT2D eigenvalue weighted by Crippen LogP contribution is 2.22. The minimum atomic E-state index is -1.30. The van der Waals surface area contributed by atoms with Crippen molar-refractivity contribution < 1.29 is 24.6 Å². The molecule has 0 bridgehead atoms. The van der Waals surface area contributed by atoms with Gasteiger partial charge in [-0.05, 0) is 37.0 Å². The molecule has 3 rings (SSSR count). The molecule has 12 heteroatoms. The van der Waals surface area contributed by atoms with Crippen molar-refractivity contribution in [3.05, 3.63) is 45.7 Å². The molecule has 0 fully saturated rings. The highest BCUT2D eigenvalue weighted by molar-refractivity contribution is 5.97. The summed E-state index contributed by atoms with van der Waals surface area (Å²) < 4.78 is 0. The predicted molar refractivity (Wildman–Crippen MR) is 115 cm³/mol. The fourth-order valence-electron chi connectivity index (χ4n) is 3.12. The van der Waals surface area contributed by atoms with Gasteiger partial charge in [-0.15, -0.1) is 0 Å². The molecule has 1 atom stereocenters. The maximum Gasteiger partial charge on any atom is 0.326 e. The lowest BCUT2D eigenvalue weighted by Crippen LogP contribution is -2.41. The first kappa shape index (κ1) is 22.5. The van der Waals surface area contributed by atoms with Gasteiger partial charge in [-0.3, -0.25) is 19.4 Å². The number of aliphatic carboxylic acids is 2. The van der Waals surface area contributed by atoms with Gasteiger partial charge in [0.15, 0.2) is 11.5 Å². The normalized spacial score (nSPS) is 13.3. The average molecular weight is 442 g/mol. The van der Waals surface area contributed by atoms with E-state index in [1.165, 1.54) is 0 Å². The zero-order valence-electron chi connectivity index (χ0n) is 16.9. The number of fused-ring (bicyclic) bond motifs is 1. The van der Waals surface area contributed by atoms with Gasteiger partial charge in [-0.2, -0.15) is 4.98 Å². The fraction of sp³-hybridized carbons (Fsp3) is 0.300. The second-order valence-electron chi connectivity index (χ2n) is 7.17. The number of carbonyl (C=O) groups is 3. The fourth-order valence-corrected chi connectivity index (χ4v) is 3.12. The molecule has 32 heavy (non-hydrogen) atoms. The Kier molecular flexibility index (Phi) is 6.83. The SMILES string of the molecule is Nc1nc2c(c(=O)[nH]1)N=C(CCc1ccc(C(=O)N[C@H](CCC(=O)O)C(=O)O)cc1)CN2. The number of aryl methyl sites for hydroxylation is 1. The third-order valence-corrected chi connectivity index (χ3v) is 4.81. The number of nitrogens with one attached hydrogen (secondary N) is 3. The molecule has 0 spiro atoms. The number of H-pyrrole nitrogens is 1. The number of hydrogen-bond donors (Lipinski definition) is 6. The van der Waals surface area contributed by atoms with Crippen LogP contribution < -0.4 is 21.9 Å². The van der Waals surface area contributed by atoms with E-state index < -0.39 is 29.4 Å². The molecule has 0 unspecified atom stereocenters. The number of nitrogen functional groups attached to an aromatic ring is 1. The van der Waals surface area contributed by atoms with Crippen LogP contribution >= 0.6 is 0 Å². The number of amides is 1. The molecule has 0 aliphatic carbocycles. The first-order chi connectivity index (χ1) is 15.2. The Bertz CT molecular complexity index is 1120. The van der Waals surface area contributed by atoms with Gasteiger partial charge in [0.1, 0.15) is 6.04 Å². The van der Waals surface area contributed by atoms with Gasteiger partial charge < -0.3 is 26.6 Å². The lowest BCUT2D eigenvalue weighted by molar-refractivity contribution is -0.140. The lowest BCUT2D eigenvalue weighted by atomic mass is 10.0. The molecule has 1 aliphatic rings. The number of aromatic amines is 1. The molecule has 168 valence electrons. The number of aromatic nitrogens is 2. The summed E-state index contributed by atoms with van der Waals surface area (Å²) in [6.45, 7) is 0.427. The molecule has 0 saturated carbocycles. The summed E-state index contributed by atoms with van der Waals surface area (Å²) in [6, 6.07) is 5.32. The van der Waals surface area contributed by atoms with Crippen LogP contribution in [0.1, 0.15) is 35.2 Å². The smallest absolute Gasteiger partial charge is 0.326 e. The maximum absolute atomic E-state index is 12.3. The molecule has 7 N–H and O–H groups in total. The second kappa shape index (κ2) is 9.73. The van der Waals surface area contributed by atoms with E-state index in [1.54, 1.807) is 24.3 Å². The maximum atomic E-state index is 12.3. The van der Waals surface area contributed by atoms with Crippen LogP contribution in [-0.4, -0.2) is 56.3 Å². The highest BCUT2D eigenvalue weighted by atomic mass is 16.4. The first-order valence-corrected chi connectivity index (χ1v) is 9.77. The number of nitrogens with two attached hydrogens (primary N) is 1. The molecule has 0 saturated heterocycles. The number of carboxylic acid groups (broad SMARTS) is 2. The average Bonchev–Trinajstić information content (AvgIpc) is 2.75. The quantitative estimate of drug-likeness (QED) is 0.320. The topological polar surface area (TPSA) is 200 Å². The van der Waals surface area contributed by atoms with E-state index in [2.05, 4.69) is 25.6 Å². The number of hydrogen-bond acceptors (Lipinski definition) is 8. The molecule has 1 amide bonds. The number of carbonyl (C=O) groups excluding carboxylic acids is 1. The Balaban J connectivity index is 1.59. The third kappa shape index (κ3) is 5.68.